The summed E-state index contributed by atoms with van der Waals surface area (Å²) in [7, 11) is 0. The quantitative estimate of drug-likeness (QED) is 0.823. The number of carbonyl (C=O) groups excluding carboxylic acids is 2. The molecule has 6 heteroatoms. The van der Waals surface area contributed by atoms with Crippen LogP contribution in [0.3, 0.4) is 0 Å². The van der Waals surface area contributed by atoms with Crippen LogP contribution in [0, 0.1) is 0 Å². The molecular weight excluding hydrogens is 320 g/mol. The molecule has 2 rings (SSSR count). The van der Waals surface area contributed by atoms with E-state index < -0.39 is 11.6 Å². The first-order valence-corrected chi connectivity index (χ1v) is 7.73. The molecule has 0 aliphatic carbocycles. The fourth-order valence-corrected chi connectivity index (χ4v) is 2.43. The standard InChI is InChI=1S/C19H20N2O4/c1-19(2,3)21(18(24)25)16-7-5-4-6-15(16)20-17(23)14-10-8-13(12-22)9-11-14/h4-12H,1-3H3,(H,20,23)(H,24,25). The van der Waals surface area contributed by atoms with E-state index in [1.54, 1.807) is 69.3 Å². The van der Waals surface area contributed by atoms with Gasteiger partial charge in [0.15, 0.2) is 0 Å². The maximum atomic E-state index is 12.4. The first kappa shape index (κ1) is 18.2. The van der Waals surface area contributed by atoms with Gasteiger partial charge < -0.3 is 10.4 Å². The molecule has 0 fully saturated rings. The average Bonchev–Trinajstić information content (AvgIpc) is 2.55. The number of carbonyl (C=O) groups is 3. The number of rotatable bonds is 4. The zero-order valence-corrected chi connectivity index (χ0v) is 14.3. The summed E-state index contributed by atoms with van der Waals surface area (Å²) in [5, 5.41) is 12.3. The Bertz CT molecular complexity index is 792. The van der Waals surface area contributed by atoms with E-state index in [1.165, 1.54) is 4.90 Å². The number of carboxylic acid groups (broad SMARTS) is 1. The molecule has 0 aromatic heterocycles. The van der Waals surface area contributed by atoms with Crippen molar-refractivity contribution in [1.82, 2.24) is 0 Å². The molecule has 130 valence electrons. The lowest BCUT2D eigenvalue weighted by Crippen LogP contribution is -2.45. The molecule has 0 spiro atoms. The predicted octanol–water partition coefficient (Wildman–Crippen LogP) is 4.03. The van der Waals surface area contributed by atoms with E-state index in [0.717, 1.165) is 0 Å². The van der Waals surface area contributed by atoms with Crippen molar-refractivity contribution in [3.05, 3.63) is 59.7 Å². The highest BCUT2D eigenvalue weighted by molar-refractivity contribution is 6.07. The number of nitrogens with zero attached hydrogens (tertiary/aromatic N) is 1. The normalized spacial score (nSPS) is 10.8. The molecular formula is C19H20N2O4. The molecule has 2 aromatic carbocycles. The number of amides is 2. The molecule has 25 heavy (non-hydrogen) atoms. The van der Waals surface area contributed by atoms with Gasteiger partial charge in [-0.15, -0.1) is 0 Å². The van der Waals surface area contributed by atoms with Gasteiger partial charge in [-0.05, 0) is 45.0 Å². The third-order valence-corrected chi connectivity index (χ3v) is 3.56. The summed E-state index contributed by atoms with van der Waals surface area (Å²) in [6.45, 7) is 5.33. The summed E-state index contributed by atoms with van der Waals surface area (Å²) < 4.78 is 0. The third-order valence-electron chi connectivity index (χ3n) is 3.56. The van der Waals surface area contributed by atoms with E-state index in [9.17, 15) is 19.5 Å². The summed E-state index contributed by atoms with van der Waals surface area (Å²) in [5.41, 5.74) is 0.947. The molecule has 0 bridgehead atoms. The van der Waals surface area contributed by atoms with E-state index in [1.807, 2.05) is 0 Å². The average molecular weight is 340 g/mol. The van der Waals surface area contributed by atoms with Crippen LogP contribution in [0.1, 0.15) is 41.5 Å². The molecule has 0 aliphatic rings. The van der Waals surface area contributed by atoms with Crippen LogP contribution < -0.4 is 10.2 Å². The van der Waals surface area contributed by atoms with Gasteiger partial charge in [-0.1, -0.05) is 24.3 Å². The van der Waals surface area contributed by atoms with E-state index >= 15 is 0 Å². The fraction of sp³-hybridized carbons (Fsp3) is 0.211. The van der Waals surface area contributed by atoms with Gasteiger partial charge in [0.05, 0.1) is 11.4 Å². The topological polar surface area (TPSA) is 86.7 Å². The maximum absolute atomic E-state index is 12.4. The zero-order chi connectivity index (χ0) is 18.6. The number of aldehydes is 1. The molecule has 0 heterocycles. The summed E-state index contributed by atoms with van der Waals surface area (Å²) in [6.07, 6.45) is -0.407. The second-order valence-electron chi connectivity index (χ2n) is 6.50. The van der Waals surface area contributed by atoms with Gasteiger partial charge in [-0.25, -0.2) is 4.79 Å². The van der Waals surface area contributed by atoms with Crippen molar-refractivity contribution in [1.29, 1.82) is 0 Å². The number of para-hydroxylation sites is 2. The van der Waals surface area contributed by atoms with Crippen molar-refractivity contribution < 1.29 is 19.5 Å². The van der Waals surface area contributed by atoms with Crippen LogP contribution in [0.5, 0.6) is 0 Å². The minimum atomic E-state index is -1.11. The third kappa shape index (κ3) is 4.23. The molecule has 0 unspecified atom stereocenters. The summed E-state index contributed by atoms with van der Waals surface area (Å²) in [5.74, 6) is -0.385. The van der Waals surface area contributed by atoms with Gasteiger partial charge in [0.2, 0.25) is 0 Å². The predicted molar refractivity (Wildman–Crippen MR) is 96.5 cm³/mol. The zero-order valence-electron chi connectivity index (χ0n) is 14.3. The largest absolute Gasteiger partial charge is 0.465 e. The number of hydrogen-bond donors (Lipinski definition) is 2. The lowest BCUT2D eigenvalue weighted by Gasteiger charge is -2.34. The lowest BCUT2D eigenvalue weighted by atomic mass is 10.0. The first-order valence-electron chi connectivity index (χ1n) is 7.73. The van der Waals surface area contributed by atoms with Gasteiger partial charge in [-0.3, -0.25) is 14.5 Å². The first-order chi connectivity index (χ1) is 11.7. The molecule has 0 saturated heterocycles. The van der Waals surface area contributed by atoms with Crippen molar-refractivity contribution >= 4 is 29.7 Å². The van der Waals surface area contributed by atoms with Crippen LogP contribution in [0.4, 0.5) is 16.2 Å². The van der Waals surface area contributed by atoms with E-state index in [-0.39, 0.29) is 5.91 Å². The minimum Gasteiger partial charge on any atom is -0.465 e. The van der Waals surface area contributed by atoms with Crippen LogP contribution in [-0.4, -0.2) is 28.9 Å². The molecule has 2 amide bonds. The Kier molecular flexibility index (Phi) is 5.22. The van der Waals surface area contributed by atoms with Gasteiger partial charge in [-0.2, -0.15) is 0 Å². The Hall–Kier alpha value is -3.15. The Morgan fingerprint density at radius 2 is 1.64 bits per heavy atom. The van der Waals surface area contributed by atoms with Crippen LogP contribution >= 0.6 is 0 Å². The maximum Gasteiger partial charge on any atom is 0.412 e. The molecule has 2 aromatic rings. The van der Waals surface area contributed by atoms with Crippen molar-refractivity contribution in [2.45, 2.75) is 26.3 Å². The Balaban J connectivity index is 2.35. The second-order valence-corrected chi connectivity index (χ2v) is 6.50. The van der Waals surface area contributed by atoms with E-state index in [0.29, 0.717) is 28.8 Å². The van der Waals surface area contributed by atoms with E-state index in [4.69, 9.17) is 0 Å². The second kappa shape index (κ2) is 7.17. The van der Waals surface area contributed by atoms with Crippen molar-refractivity contribution in [3.8, 4) is 0 Å². The number of anilines is 2. The number of hydrogen-bond acceptors (Lipinski definition) is 3. The molecule has 6 nitrogen and oxygen atoms in total. The van der Waals surface area contributed by atoms with Crippen LogP contribution in [0.25, 0.3) is 0 Å². The Morgan fingerprint density at radius 1 is 1.04 bits per heavy atom. The summed E-state index contributed by atoms with van der Waals surface area (Å²) >= 11 is 0. The van der Waals surface area contributed by atoms with Crippen LogP contribution in [-0.2, 0) is 0 Å². The van der Waals surface area contributed by atoms with Gasteiger partial charge >= 0.3 is 6.09 Å². The van der Waals surface area contributed by atoms with Gasteiger partial charge in [0, 0.05) is 16.7 Å². The van der Waals surface area contributed by atoms with Crippen LogP contribution in [0.2, 0.25) is 0 Å². The van der Waals surface area contributed by atoms with Crippen LogP contribution in [0.15, 0.2) is 48.5 Å². The molecule has 0 aliphatic heterocycles. The van der Waals surface area contributed by atoms with Gasteiger partial charge in [0.1, 0.15) is 6.29 Å². The Labute approximate surface area is 146 Å². The van der Waals surface area contributed by atoms with Crippen molar-refractivity contribution in [2.75, 3.05) is 10.2 Å². The highest BCUT2D eigenvalue weighted by atomic mass is 16.4. The highest BCUT2D eigenvalue weighted by Gasteiger charge is 2.29. The molecule has 2 N–H and O–H groups in total. The lowest BCUT2D eigenvalue weighted by molar-refractivity contribution is 0.102. The molecule has 0 saturated carbocycles. The van der Waals surface area contributed by atoms with Gasteiger partial charge in [0.25, 0.3) is 5.91 Å². The molecule has 0 atom stereocenters. The SMILES string of the molecule is CC(C)(C)N(C(=O)O)c1ccccc1NC(=O)c1ccc(C=O)cc1. The minimum absolute atomic E-state index is 0.373. The summed E-state index contributed by atoms with van der Waals surface area (Å²) in [4.78, 5) is 36.0. The number of benzene rings is 2. The fourth-order valence-electron chi connectivity index (χ4n) is 2.43. The van der Waals surface area contributed by atoms with Crippen molar-refractivity contribution in [2.24, 2.45) is 0 Å². The Morgan fingerprint density at radius 3 is 2.16 bits per heavy atom. The highest BCUT2D eigenvalue weighted by Crippen LogP contribution is 2.31. The van der Waals surface area contributed by atoms with E-state index in [2.05, 4.69) is 5.32 Å². The monoisotopic (exact) mass is 340 g/mol. The molecule has 0 radical (unpaired) electrons. The number of nitrogens with one attached hydrogen (secondary N) is 1. The van der Waals surface area contributed by atoms with Crippen molar-refractivity contribution in [3.63, 3.8) is 0 Å². The smallest absolute Gasteiger partial charge is 0.412 e. The summed E-state index contributed by atoms with van der Waals surface area (Å²) in [6, 6.07) is 12.9.